The van der Waals surface area contributed by atoms with E-state index in [9.17, 15) is 19.2 Å². The van der Waals surface area contributed by atoms with E-state index < -0.39 is 23.5 Å². The number of halogens is 3. The van der Waals surface area contributed by atoms with Crippen LogP contribution in [0.25, 0.3) is 0 Å². The van der Waals surface area contributed by atoms with Crippen molar-refractivity contribution in [3.63, 3.8) is 0 Å². The predicted octanol–water partition coefficient (Wildman–Crippen LogP) is 6.18. The molecule has 67 heavy (non-hydrogen) atoms. The number of allylic oxidation sites excluding steroid dienone is 12. The smallest absolute Gasteiger partial charge is 1.00 e. The van der Waals surface area contributed by atoms with Crippen LogP contribution in [-0.2, 0) is 33.2 Å². The van der Waals surface area contributed by atoms with Crippen molar-refractivity contribution in [1.29, 1.82) is 0 Å². The van der Waals surface area contributed by atoms with E-state index in [1.54, 1.807) is 61.9 Å². The first-order chi connectivity index (χ1) is 31.3. The number of esters is 3. The van der Waals surface area contributed by atoms with E-state index in [4.69, 9.17) is 40.0 Å². The van der Waals surface area contributed by atoms with Crippen molar-refractivity contribution in [3.05, 3.63) is 163 Å². The Labute approximate surface area is 454 Å². The number of hydrogen-bond donors (Lipinski definition) is 0. The van der Waals surface area contributed by atoms with Gasteiger partial charge in [-0.3, -0.25) is 24.5 Å². The van der Waals surface area contributed by atoms with Crippen LogP contribution in [0.2, 0.25) is 0 Å². The van der Waals surface area contributed by atoms with Crippen molar-refractivity contribution in [1.82, 2.24) is 15.0 Å². The van der Waals surface area contributed by atoms with Crippen molar-refractivity contribution < 1.29 is 101 Å². The average molecular weight is 1180 g/mol. The van der Waals surface area contributed by atoms with Gasteiger partial charge in [0.25, 0.3) is 5.24 Å². The van der Waals surface area contributed by atoms with Crippen molar-refractivity contribution in [2.24, 2.45) is 0 Å². The molecule has 0 bridgehead atoms. The molecular weight excluding hydrogens is 1110 g/mol. The van der Waals surface area contributed by atoms with E-state index in [1.807, 2.05) is 55.5 Å². The van der Waals surface area contributed by atoms with Gasteiger partial charge >= 0.3 is 47.5 Å². The Hall–Kier alpha value is -3.40. The molecule has 1 aliphatic heterocycles. The maximum Gasteiger partial charge on any atom is 1.00 e. The Morgan fingerprint density at radius 3 is 1.30 bits per heavy atom. The summed E-state index contributed by atoms with van der Waals surface area (Å²) in [4.78, 5) is 56.7. The monoisotopic (exact) mass is 1180 g/mol. The predicted molar refractivity (Wildman–Crippen MR) is 262 cm³/mol. The number of nitrogens with zero attached hydrogens (tertiary/aromatic N) is 3. The molecule has 2 unspecified atom stereocenters. The summed E-state index contributed by atoms with van der Waals surface area (Å²) in [6, 6.07) is 9.88. The Kier molecular flexibility index (Phi) is 43.0. The molecule has 360 valence electrons. The minimum Gasteiger partial charge on any atom is -1.00 e. The molecule has 3 aromatic heterocycles. The summed E-state index contributed by atoms with van der Waals surface area (Å²) in [7, 11) is 0. The third-order valence-corrected chi connectivity index (χ3v) is 8.26. The van der Waals surface area contributed by atoms with Gasteiger partial charge in [0.2, 0.25) is 6.29 Å². The first kappa shape index (κ1) is 65.7. The summed E-state index contributed by atoms with van der Waals surface area (Å²) in [6.45, 7) is 11.0. The number of rotatable bonds is 20. The van der Waals surface area contributed by atoms with Crippen LogP contribution in [-0.4, -0.2) is 67.4 Å². The molecule has 0 amide bonds. The van der Waals surface area contributed by atoms with Crippen LogP contribution in [0.5, 0.6) is 0 Å². The number of hydrogen-bond acceptors (Lipinski definition) is 13. The normalized spacial score (nSPS) is 16.3. The molecular formula is C50H63ClI2N3NaO10. The molecule has 0 radical (unpaired) electrons. The molecule has 2 atom stereocenters. The molecule has 1 aliphatic rings. The van der Waals surface area contributed by atoms with Gasteiger partial charge in [-0.15, -0.1) is 0 Å². The molecule has 4 rings (SSSR count). The average Bonchev–Trinajstić information content (AvgIpc) is 3.28. The molecule has 1 saturated heterocycles. The van der Waals surface area contributed by atoms with Crippen molar-refractivity contribution in [3.8, 4) is 0 Å². The van der Waals surface area contributed by atoms with Gasteiger partial charge in [0.15, 0.2) is 18.9 Å². The largest absolute Gasteiger partial charge is 1.00 e. The number of alkyl halides is 1. The zero-order valence-corrected chi connectivity index (χ0v) is 46.5. The minimum absolute atomic E-state index is 0. The van der Waals surface area contributed by atoms with Crippen LogP contribution < -0.4 is 53.5 Å². The van der Waals surface area contributed by atoms with E-state index in [0.29, 0.717) is 23.1 Å². The third kappa shape index (κ3) is 38.2. The standard InChI is InChI=1S/C30H39NO4.C8H8INO2.C6H4ClNO.C6H12O3.HI.Na/c1-3-4-5-6-7-8-9-10-11-12-13-14-15-16-17-18-19-20-21-24-29(32)34-27(2)35-30(33)28-23-22-25-31-26-28;1-6(9)12-8(11)7-3-2-4-10-5-7;7-6(9)5-2-1-3-8-4-5;1-4-7-5(2)9-6(3)8-4;;/h4-5,7-8,10-11,13-14,16-17,19-20,22-23,25-27H,3,6,9,12,15,18,21,24H2,1-2H3;2-6H,1H3;1-4H;4-6H,1-3H3;1H;/q;;;;;+1/p-1/b5-4-,8-7-,11-10-,14-13-,17-16-,20-19-;;;;;. The van der Waals surface area contributed by atoms with Crippen LogP contribution >= 0.6 is 34.2 Å². The summed E-state index contributed by atoms with van der Waals surface area (Å²) in [5.41, 5.74) is 1.23. The molecule has 1 fully saturated rings. The minimum atomic E-state index is -0.944. The van der Waals surface area contributed by atoms with Crippen LogP contribution in [0.15, 0.2) is 146 Å². The molecule has 0 saturated carbocycles. The van der Waals surface area contributed by atoms with Crippen molar-refractivity contribution in [2.45, 2.75) is 122 Å². The van der Waals surface area contributed by atoms with E-state index >= 15 is 0 Å². The summed E-state index contributed by atoms with van der Waals surface area (Å²) in [5, 5.41) is -0.469. The van der Waals surface area contributed by atoms with Gasteiger partial charge in [-0.2, -0.15) is 0 Å². The Morgan fingerprint density at radius 2 is 0.970 bits per heavy atom. The quantitative estimate of drug-likeness (QED) is 0.0240. The van der Waals surface area contributed by atoms with Gasteiger partial charge in [0.05, 0.1) is 16.7 Å². The SMILES string of the molecule is CC(I)OC(=O)c1cccnc1.CC/C=C\C/C=C\C/C=C\C/C=C\C/C=C\C/C=C\CCC(=O)OC(C)OC(=O)c1cccnc1.CC1OC(C)OC(C)O1.O=C(Cl)c1cccnc1.[I-].[Na+]. The summed E-state index contributed by atoms with van der Waals surface area (Å²) in [6.07, 6.45) is 40.0. The number of pyridine rings is 3. The zero-order chi connectivity index (χ0) is 47.9. The van der Waals surface area contributed by atoms with Crippen LogP contribution in [0.1, 0.15) is 124 Å². The molecule has 0 aromatic carbocycles. The number of ether oxygens (including phenoxy) is 6. The van der Waals surface area contributed by atoms with Gasteiger partial charge in [-0.25, -0.2) is 9.59 Å². The second-order valence-electron chi connectivity index (χ2n) is 13.5. The van der Waals surface area contributed by atoms with Crippen molar-refractivity contribution in [2.75, 3.05) is 0 Å². The van der Waals surface area contributed by atoms with Crippen molar-refractivity contribution >= 4 is 57.3 Å². The van der Waals surface area contributed by atoms with E-state index in [0.717, 1.165) is 38.5 Å². The van der Waals surface area contributed by atoms with Crippen LogP contribution in [0, 0.1) is 0 Å². The van der Waals surface area contributed by atoms with E-state index in [2.05, 4.69) is 82.6 Å². The van der Waals surface area contributed by atoms with Crippen LogP contribution in [0.3, 0.4) is 0 Å². The zero-order valence-electron chi connectivity index (χ0n) is 39.5. The number of carbonyl (C=O) groups is 4. The van der Waals surface area contributed by atoms with Crippen LogP contribution in [0.4, 0.5) is 0 Å². The first-order valence-electron chi connectivity index (χ1n) is 21.3. The maximum atomic E-state index is 11.9. The second-order valence-corrected chi connectivity index (χ2v) is 15.6. The second kappa shape index (κ2) is 43.9. The van der Waals surface area contributed by atoms with E-state index in [1.165, 1.54) is 25.5 Å². The number of carbonyl (C=O) groups excluding carboxylic acids is 4. The Bertz CT molecular complexity index is 1910. The Balaban J connectivity index is 0. The Morgan fingerprint density at radius 1 is 0.612 bits per heavy atom. The molecule has 0 aliphatic carbocycles. The van der Waals surface area contributed by atoms with Gasteiger partial charge in [-0.05, 0) is 143 Å². The number of aromatic nitrogens is 3. The third-order valence-electron chi connectivity index (χ3n) is 7.78. The molecule has 0 N–H and O–H groups in total. The fourth-order valence-electron chi connectivity index (χ4n) is 4.90. The molecule has 0 spiro atoms. The molecule has 17 heteroatoms. The van der Waals surface area contributed by atoms with Gasteiger partial charge in [0.1, 0.15) is 4.11 Å². The summed E-state index contributed by atoms with van der Waals surface area (Å²) < 4.78 is 30.4. The topological polar surface area (TPSA) is 162 Å². The molecule has 4 heterocycles. The van der Waals surface area contributed by atoms with E-state index in [-0.39, 0.29) is 88.9 Å². The first-order valence-corrected chi connectivity index (χ1v) is 23.0. The fraction of sp³-hybridized carbons (Fsp3) is 0.380. The molecule has 3 aromatic rings. The molecule has 13 nitrogen and oxygen atoms in total. The summed E-state index contributed by atoms with van der Waals surface area (Å²) >= 11 is 7.15. The summed E-state index contributed by atoms with van der Waals surface area (Å²) in [5.74, 6) is -1.31. The van der Waals surface area contributed by atoms with Gasteiger partial charge in [-0.1, -0.05) is 79.8 Å². The maximum absolute atomic E-state index is 11.9. The van der Waals surface area contributed by atoms with Gasteiger partial charge in [0, 0.05) is 50.5 Å². The fourth-order valence-corrected chi connectivity index (χ4v) is 5.24. The van der Waals surface area contributed by atoms with Gasteiger partial charge < -0.3 is 52.4 Å².